The Morgan fingerprint density at radius 3 is 2.18 bits per heavy atom. The molecule has 0 saturated carbocycles. The van der Waals surface area contributed by atoms with E-state index >= 15 is 0 Å². The largest absolute Gasteiger partial charge is 0.395 e. The number of thioether (sulfide) groups is 1. The van der Waals surface area contributed by atoms with Crippen molar-refractivity contribution in [2.75, 3.05) is 6.61 Å². The third-order valence-electron chi connectivity index (χ3n) is 1.60. The van der Waals surface area contributed by atoms with Crippen LogP contribution in [0.25, 0.3) is 0 Å². The highest BCUT2D eigenvalue weighted by Crippen LogP contribution is 2.40. The van der Waals surface area contributed by atoms with Gasteiger partial charge in [0.25, 0.3) is 5.85 Å². The minimum Gasteiger partial charge on any atom is -0.395 e. The third-order valence-corrected chi connectivity index (χ3v) is 2.94. The van der Waals surface area contributed by atoms with Gasteiger partial charge in [-0.05, 0) is 0 Å². The van der Waals surface area contributed by atoms with E-state index in [1.54, 1.807) is 0 Å². The Bertz CT molecular complexity index is 153. The Morgan fingerprint density at radius 2 is 2.00 bits per heavy atom. The number of hydrogen-bond donors (Lipinski definition) is 4. The van der Waals surface area contributed by atoms with Gasteiger partial charge in [-0.1, -0.05) is 0 Å². The first kappa shape index (κ1) is 9.21. The molecular weight excluding hydrogens is 175 g/mol. The second-order valence-corrected chi connectivity index (χ2v) is 3.71. The van der Waals surface area contributed by atoms with Crippen molar-refractivity contribution in [1.82, 2.24) is 0 Å². The summed E-state index contributed by atoms with van der Waals surface area (Å²) in [6.07, 6.45) is -1.73. The van der Waals surface area contributed by atoms with Gasteiger partial charge in [-0.3, -0.25) is 0 Å². The Kier molecular flexibility index (Phi) is 2.40. The van der Waals surface area contributed by atoms with Crippen molar-refractivity contribution in [3.05, 3.63) is 0 Å². The Morgan fingerprint density at radius 1 is 1.45 bits per heavy atom. The van der Waals surface area contributed by atoms with E-state index in [1.165, 1.54) is 0 Å². The summed E-state index contributed by atoms with van der Waals surface area (Å²) in [5.41, 5.74) is -1.69. The minimum atomic E-state index is -3.00. The van der Waals surface area contributed by atoms with E-state index in [-0.39, 0.29) is 0 Å². The SMILES string of the molecule is OC[C@H]1SC(O)[C@@](O)(F)[C@@H]1O. The van der Waals surface area contributed by atoms with Crippen LogP contribution in [0.1, 0.15) is 0 Å². The second kappa shape index (κ2) is 2.87. The zero-order valence-electron chi connectivity index (χ0n) is 5.51. The molecule has 66 valence electrons. The van der Waals surface area contributed by atoms with E-state index in [4.69, 9.17) is 20.4 Å². The minimum absolute atomic E-state index is 0.477. The van der Waals surface area contributed by atoms with Crippen LogP contribution >= 0.6 is 11.8 Å². The van der Waals surface area contributed by atoms with E-state index in [1.807, 2.05) is 0 Å². The summed E-state index contributed by atoms with van der Waals surface area (Å²) < 4.78 is 12.8. The molecule has 6 heteroatoms. The molecule has 4 N–H and O–H groups in total. The fourth-order valence-electron chi connectivity index (χ4n) is 0.885. The van der Waals surface area contributed by atoms with Gasteiger partial charge in [-0.25, -0.2) is 4.39 Å². The fourth-order valence-corrected chi connectivity index (χ4v) is 1.97. The van der Waals surface area contributed by atoms with Crippen molar-refractivity contribution in [3.63, 3.8) is 0 Å². The number of aliphatic hydroxyl groups is 4. The molecule has 0 aromatic heterocycles. The van der Waals surface area contributed by atoms with Crippen LogP contribution in [0.4, 0.5) is 4.39 Å². The average Bonchev–Trinajstić information content (AvgIpc) is 2.14. The van der Waals surface area contributed by atoms with Crippen LogP contribution in [0, 0.1) is 0 Å². The maximum atomic E-state index is 12.8. The monoisotopic (exact) mass is 184 g/mol. The number of rotatable bonds is 1. The molecule has 1 fully saturated rings. The van der Waals surface area contributed by atoms with Crippen molar-refractivity contribution < 1.29 is 24.8 Å². The first-order valence-corrected chi connectivity index (χ1v) is 3.98. The van der Waals surface area contributed by atoms with Crippen LogP contribution < -0.4 is 0 Å². The maximum absolute atomic E-state index is 12.8. The molecular formula is C5H9FO4S. The van der Waals surface area contributed by atoms with E-state index in [2.05, 4.69) is 0 Å². The molecule has 0 radical (unpaired) electrons. The van der Waals surface area contributed by atoms with E-state index in [9.17, 15) is 4.39 Å². The normalized spacial score (nSPS) is 51.5. The zero-order chi connectivity index (χ0) is 8.65. The molecule has 0 amide bonds. The lowest BCUT2D eigenvalue weighted by Crippen LogP contribution is -2.44. The topological polar surface area (TPSA) is 80.9 Å². The molecule has 1 aliphatic heterocycles. The van der Waals surface area contributed by atoms with Crippen molar-refractivity contribution >= 4 is 11.8 Å². The lowest BCUT2D eigenvalue weighted by Gasteiger charge is -2.19. The molecule has 0 aromatic carbocycles. The Balaban J connectivity index is 2.71. The summed E-state index contributed by atoms with van der Waals surface area (Å²) in [5, 5.41) is 34.1. The number of aliphatic hydroxyl groups excluding tert-OH is 3. The molecule has 11 heavy (non-hydrogen) atoms. The molecule has 0 spiro atoms. The summed E-state index contributed by atoms with van der Waals surface area (Å²) in [6.45, 7) is -0.477. The first-order chi connectivity index (χ1) is 5.00. The Hall–Kier alpha value is 0.120. The third kappa shape index (κ3) is 1.36. The first-order valence-electron chi connectivity index (χ1n) is 3.04. The average molecular weight is 184 g/mol. The lowest BCUT2D eigenvalue weighted by molar-refractivity contribution is -0.194. The summed E-state index contributed by atoms with van der Waals surface area (Å²) in [4.78, 5) is 0. The van der Waals surface area contributed by atoms with Gasteiger partial charge in [0.1, 0.15) is 6.10 Å². The van der Waals surface area contributed by atoms with Gasteiger partial charge in [0.05, 0.1) is 11.9 Å². The molecule has 1 heterocycles. The molecule has 1 saturated heterocycles. The summed E-state index contributed by atoms with van der Waals surface area (Å²) in [6, 6.07) is 0. The molecule has 4 atom stereocenters. The fraction of sp³-hybridized carbons (Fsp3) is 1.00. The zero-order valence-corrected chi connectivity index (χ0v) is 6.33. The highest BCUT2D eigenvalue weighted by molar-refractivity contribution is 8.00. The van der Waals surface area contributed by atoms with Crippen LogP contribution in [-0.2, 0) is 0 Å². The standard InChI is InChI=1S/C5H9FO4S/c6-5(10)3(8)2(1-7)11-4(5)9/h2-4,7-10H,1H2/t2-,3-,4?,5-/m1/s1. The molecule has 1 unspecified atom stereocenters. The van der Waals surface area contributed by atoms with Gasteiger partial charge in [0, 0.05) is 0 Å². The quantitative estimate of drug-likeness (QED) is 0.396. The van der Waals surface area contributed by atoms with E-state index in [0.29, 0.717) is 11.8 Å². The van der Waals surface area contributed by atoms with Gasteiger partial charge in [-0.2, -0.15) is 0 Å². The van der Waals surface area contributed by atoms with Crippen LogP contribution in [0.2, 0.25) is 0 Å². The summed E-state index contributed by atoms with van der Waals surface area (Å²) in [5.74, 6) is -3.00. The smallest absolute Gasteiger partial charge is 0.269 e. The van der Waals surface area contributed by atoms with E-state index < -0.39 is 29.3 Å². The maximum Gasteiger partial charge on any atom is 0.269 e. The van der Waals surface area contributed by atoms with Gasteiger partial charge in [0.15, 0.2) is 5.44 Å². The second-order valence-electron chi connectivity index (χ2n) is 2.38. The van der Waals surface area contributed by atoms with Crippen LogP contribution in [0.15, 0.2) is 0 Å². The Labute approximate surface area is 66.7 Å². The van der Waals surface area contributed by atoms with Crippen molar-refractivity contribution in [2.45, 2.75) is 22.6 Å². The van der Waals surface area contributed by atoms with Gasteiger partial charge < -0.3 is 20.4 Å². The highest BCUT2D eigenvalue weighted by Gasteiger charge is 2.54. The molecule has 1 aliphatic rings. The van der Waals surface area contributed by atoms with Gasteiger partial charge in [-0.15, -0.1) is 11.8 Å². The lowest BCUT2D eigenvalue weighted by atomic mass is 10.1. The molecule has 0 aliphatic carbocycles. The molecule has 4 nitrogen and oxygen atoms in total. The summed E-state index contributed by atoms with van der Waals surface area (Å²) >= 11 is 0.611. The van der Waals surface area contributed by atoms with Gasteiger partial charge in [0.2, 0.25) is 0 Å². The molecule has 1 rings (SSSR count). The van der Waals surface area contributed by atoms with Crippen LogP contribution in [0.5, 0.6) is 0 Å². The van der Waals surface area contributed by atoms with Gasteiger partial charge >= 0.3 is 0 Å². The summed E-state index contributed by atoms with van der Waals surface area (Å²) in [7, 11) is 0. The van der Waals surface area contributed by atoms with Crippen LogP contribution in [-0.4, -0.2) is 49.7 Å². The van der Waals surface area contributed by atoms with Crippen molar-refractivity contribution in [1.29, 1.82) is 0 Å². The number of alkyl halides is 1. The molecule has 0 aromatic rings. The highest BCUT2D eigenvalue weighted by atomic mass is 32.2. The van der Waals surface area contributed by atoms with Crippen molar-refractivity contribution in [2.24, 2.45) is 0 Å². The molecule has 0 bridgehead atoms. The van der Waals surface area contributed by atoms with E-state index in [0.717, 1.165) is 0 Å². The van der Waals surface area contributed by atoms with Crippen molar-refractivity contribution in [3.8, 4) is 0 Å². The number of halogens is 1. The predicted octanol–water partition coefficient (Wildman–Crippen LogP) is -1.57. The number of hydrogen-bond acceptors (Lipinski definition) is 5. The van der Waals surface area contributed by atoms with Crippen LogP contribution in [0.3, 0.4) is 0 Å². The predicted molar refractivity (Wildman–Crippen MR) is 36.5 cm³/mol.